The summed E-state index contributed by atoms with van der Waals surface area (Å²) in [5.74, 6) is 0.530. The highest BCUT2D eigenvalue weighted by Gasteiger charge is 2.28. The third-order valence-electron chi connectivity index (χ3n) is 6.68. The topological polar surface area (TPSA) is 138 Å². The molecule has 3 heterocycles. The Hall–Kier alpha value is -4.38. The highest BCUT2D eigenvalue weighted by Crippen LogP contribution is 2.30. The number of nitrogens with two attached hydrogens (primary N) is 1. The van der Waals surface area contributed by atoms with Gasteiger partial charge in [-0.2, -0.15) is 5.10 Å². The van der Waals surface area contributed by atoms with E-state index in [1.807, 2.05) is 53.0 Å². The Bertz CT molecular complexity index is 1480. The predicted octanol–water partition coefficient (Wildman–Crippen LogP) is 4.26. The van der Waals surface area contributed by atoms with Gasteiger partial charge in [0.15, 0.2) is 10.9 Å². The van der Waals surface area contributed by atoms with E-state index < -0.39 is 0 Å². The normalized spacial score (nSPS) is 15.0. The number of amides is 2. The number of aromatic nitrogens is 3. The van der Waals surface area contributed by atoms with E-state index in [1.54, 1.807) is 19.1 Å². The van der Waals surface area contributed by atoms with Crippen LogP contribution in [0.3, 0.4) is 0 Å². The zero-order valence-corrected chi connectivity index (χ0v) is 22.0. The molecule has 2 amide bonds. The molecule has 5 N–H and O–H groups in total. The predicted molar refractivity (Wildman–Crippen MR) is 148 cm³/mol. The van der Waals surface area contributed by atoms with Crippen LogP contribution in [0, 0.1) is 13.8 Å². The van der Waals surface area contributed by atoms with E-state index >= 15 is 0 Å². The number of phenols is 1. The first-order chi connectivity index (χ1) is 18.3. The molecule has 1 saturated heterocycles. The molecule has 1 aliphatic rings. The Balaban J connectivity index is 1.17. The van der Waals surface area contributed by atoms with Crippen molar-refractivity contribution in [2.24, 2.45) is 0 Å². The highest BCUT2D eigenvalue weighted by molar-refractivity contribution is 7.17. The van der Waals surface area contributed by atoms with E-state index in [9.17, 15) is 14.7 Å². The Morgan fingerprint density at radius 1 is 1.16 bits per heavy atom. The maximum Gasteiger partial charge on any atom is 0.267 e. The minimum Gasteiger partial charge on any atom is -0.508 e. The van der Waals surface area contributed by atoms with Gasteiger partial charge < -0.3 is 26.4 Å². The molecule has 0 saturated carbocycles. The van der Waals surface area contributed by atoms with Crippen LogP contribution in [0.2, 0.25) is 0 Å². The number of carbonyl (C=O) groups is 2. The lowest BCUT2D eigenvalue weighted by atomic mass is 10.1. The molecule has 1 aliphatic heterocycles. The second kappa shape index (κ2) is 10.5. The summed E-state index contributed by atoms with van der Waals surface area (Å²) < 4.78 is 1.87. The van der Waals surface area contributed by atoms with Gasteiger partial charge in [0, 0.05) is 36.6 Å². The average molecular weight is 532 g/mol. The van der Waals surface area contributed by atoms with Crippen molar-refractivity contribution in [2.45, 2.75) is 32.7 Å². The zero-order chi connectivity index (χ0) is 26.8. The number of aromatic hydroxyl groups is 1. The minimum absolute atomic E-state index is 0.0901. The van der Waals surface area contributed by atoms with Gasteiger partial charge in [-0.05, 0) is 49.6 Å². The molecule has 2 aromatic heterocycles. The standard InChI is InChI=1S/C27H29N7O3S/c1-16-3-8-21(35)17(2)25(16)31-26(37)22-14-29-27(38-22)30-23-10-12-34(32-23)20-9-11-33(15-20)24(36)13-18-4-6-19(28)7-5-18/h3-8,10,12,14,20,35H,9,11,13,15,28H2,1-2H3,(H,31,37)(H,29,30,32)/t20-/m1/s1. The highest BCUT2D eigenvalue weighted by atomic mass is 32.1. The molecule has 1 fully saturated rings. The van der Waals surface area contributed by atoms with E-state index in [0.29, 0.717) is 52.3 Å². The van der Waals surface area contributed by atoms with Crippen LogP contribution in [0.25, 0.3) is 0 Å². The second-order valence-electron chi connectivity index (χ2n) is 9.39. The van der Waals surface area contributed by atoms with Crippen LogP contribution in [0.4, 0.5) is 22.3 Å². The molecule has 1 atom stereocenters. The number of benzene rings is 2. The zero-order valence-electron chi connectivity index (χ0n) is 21.1. The molecule has 0 unspecified atom stereocenters. The fourth-order valence-corrected chi connectivity index (χ4v) is 5.18. The number of nitrogens with zero attached hydrogens (tertiary/aromatic N) is 4. The van der Waals surface area contributed by atoms with E-state index in [1.165, 1.54) is 17.5 Å². The van der Waals surface area contributed by atoms with Crippen LogP contribution in [-0.2, 0) is 11.2 Å². The van der Waals surface area contributed by atoms with Gasteiger partial charge in [0.25, 0.3) is 5.91 Å². The van der Waals surface area contributed by atoms with Gasteiger partial charge in [-0.15, -0.1) is 0 Å². The van der Waals surface area contributed by atoms with Gasteiger partial charge in [-0.25, -0.2) is 4.98 Å². The van der Waals surface area contributed by atoms with Crippen LogP contribution < -0.4 is 16.4 Å². The third-order valence-corrected chi connectivity index (χ3v) is 7.59. The number of nitrogens with one attached hydrogen (secondary N) is 2. The number of phenolic OH excluding ortho intramolecular Hbond substituents is 1. The van der Waals surface area contributed by atoms with E-state index in [4.69, 9.17) is 5.73 Å². The summed E-state index contributed by atoms with van der Waals surface area (Å²) in [5, 5.41) is 21.1. The van der Waals surface area contributed by atoms with Gasteiger partial charge in [0.1, 0.15) is 10.6 Å². The maximum atomic E-state index is 12.8. The SMILES string of the molecule is Cc1ccc(O)c(C)c1NC(=O)c1cnc(Nc2ccn([C@@H]3CCN(C(=O)Cc4ccc(N)cc4)C3)n2)s1. The fraction of sp³-hybridized carbons (Fsp3) is 0.259. The average Bonchev–Trinajstić information content (AvgIpc) is 3.67. The molecule has 196 valence electrons. The monoisotopic (exact) mass is 531 g/mol. The Morgan fingerprint density at radius 3 is 2.74 bits per heavy atom. The quantitative estimate of drug-likeness (QED) is 0.261. The molecule has 11 heteroatoms. The smallest absolute Gasteiger partial charge is 0.267 e. The number of aryl methyl sites for hydroxylation is 1. The lowest BCUT2D eigenvalue weighted by molar-refractivity contribution is -0.129. The summed E-state index contributed by atoms with van der Waals surface area (Å²) in [5.41, 5.74) is 9.43. The summed E-state index contributed by atoms with van der Waals surface area (Å²) in [6, 6.07) is 12.7. The van der Waals surface area contributed by atoms with Gasteiger partial charge >= 0.3 is 0 Å². The molecule has 0 aliphatic carbocycles. The van der Waals surface area contributed by atoms with Crippen molar-refractivity contribution in [2.75, 3.05) is 29.5 Å². The lowest BCUT2D eigenvalue weighted by Gasteiger charge is -2.17. The Kier molecular flexibility index (Phi) is 7.01. The van der Waals surface area contributed by atoms with Crippen molar-refractivity contribution in [3.63, 3.8) is 0 Å². The molecule has 38 heavy (non-hydrogen) atoms. The molecular formula is C27H29N7O3S. The summed E-state index contributed by atoms with van der Waals surface area (Å²) in [6.07, 6.45) is 4.57. The molecular weight excluding hydrogens is 502 g/mol. The van der Waals surface area contributed by atoms with Gasteiger partial charge in [0.05, 0.1) is 24.3 Å². The van der Waals surface area contributed by atoms with Crippen LogP contribution in [0.1, 0.15) is 38.8 Å². The third kappa shape index (κ3) is 5.47. The van der Waals surface area contributed by atoms with E-state index in [0.717, 1.165) is 17.5 Å². The Labute approximate surface area is 224 Å². The Morgan fingerprint density at radius 2 is 1.95 bits per heavy atom. The number of rotatable bonds is 7. The van der Waals surface area contributed by atoms with E-state index in [2.05, 4.69) is 20.7 Å². The first-order valence-corrected chi connectivity index (χ1v) is 13.1. The number of thiazole rings is 1. The number of hydrogen-bond donors (Lipinski definition) is 4. The first-order valence-electron chi connectivity index (χ1n) is 12.3. The molecule has 0 spiro atoms. The molecule has 0 bridgehead atoms. The number of carbonyl (C=O) groups excluding carboxylic acids is 2. The molecule has 5 rings (SSSR count). The minimum atomic E-state index is -0.299. The molecule has 0 radical (unpaired) electrons. The van der Waals surface area contributed by atoms with Gasteiger partial charge in [0.2, 0.25) is 5.91 Å². The van der Waals surface area contributed by atoms with Crippen LogP contribution in [0.5, 0.6) is 5.75 Å². The fourth-order valence-electron chi connectivity index (χ4n) is 4.46. The van der Waals surface area contributed by atoms with Gasteiger partial charge in [-0.3, -0.25) is 14.3 Å². The molecule has 10 nitrogen and oxygen atoms in total. The van der Waals surface area contributed by atoms with E-state index in [-0.39, 0.29) is 23.6 Å². The van der Waals surface area contributed by atoms with Gasteiger partial charge in [-0.1, -0.05) is 29.5 Å². The number of nitrogen functional groups attached to an aromatic ring is 1. The molecule has 4 aromatic rings. The number of anilines is 4. The van der Waals surface area contributed by atoms with Crippen molar-refractivity contribution >= 4 is 45.5 Å². The van der Waals surface area contributed by atoms with Crippen molar-refractivity contribution in [3.8, 4) is 5.75 Å². The summed E-state index contributed by atoms with van der Waals surface area (Å²) in [6.45, 7) is 4.92. The van der Waals surface area contributed by atoms with Crippen molar-refractivity contribution in [1.29, 1.82) is 0 Å². The lowest BCUT2D eigenvalue weighted by Crippen LogP contribution is -2.30. The summed E-state index contributed by atoms with van der Waals surface area (Å²) >= 11 is 1.21. The second-order valence-corrected chi connectivity index (χ2v) is 10.4. The van der Waals surface area contributed by atoms with Crippen molar-refractivity contribution < 1.29 is 14.7 Å². The maximum absolute atomic E-state index is 12.8. The number of likely N-dealkylation sites (tertiary alicyclic amines) is 1. The number of hydrogen-bond acceptors (Lipinski definition) is 8. The van der Waals surface area contributed by atoms with Crippen LogP contribution in [0.15, 0.2) is 54.9 Å². The van der Waals surface area contributed by atoms with Crippen LogP contribution >= 0.6 is 11.3 Å². The van der Waals surface area contributed by atoms with Crippen LogP contribution in [-0.4, -0.2) is 49.7 Å². The summed E-state index contributed by atoms with van der Waals surface area (Å²) in [4.78, 5) is 32.1. The first kappa shape index (κ1) is 25.3. The largest absolute Gasteiger partial charge is 0.508 e. The summed E-state index contributed by atoms with van der Waals surface area (Å²) in [7, 11) is 0. The molecule has 2 aromatic carbocycles. The van der Waals surface area contributed by atoms with Crippen molar-refractivity contribution in [3.05, 3.63) is 76.4 Å². The van der Waals surface area contributed by atoms with Crippen molar-refractivity contribution in [1.82, 2.24) is 19.7 Å².